The monoisotopic (exact) mass is 376 g/mol. The van der Waals surface area contributed by atoms with E-state index in [1.807, 2.05) is 62.4 Å². The van der Waals surface area contributed by atoms with Crippen LogP contribution in [0.2, 0.25) is 0 Å². The van der Waals surface area contributed by atoms with Gasteiger partial charge in [-0.2, -0.15) is 0 Å². The van der Waals surface area contributed by atoms with Crippen LogP contribution in [0.1, 0.15) is 25.0 Å². The lowest BCUT2D eigenvalue weighted by Gasteiger charge is -2.10. The molecule has 0 radical (unpaired) electrons. The summed E-state index contributed by atoms with van der Waals surface area (Å²) in [5.41, 5.74) is 4.67. The van der Waals surface area contributed by atoms with Gasteiger partial charge in [-0.05, 0) is 73.5 Å². The minimum Gasteiger partial charge on any atom is -0.494 e. The van der Waals surface area contributed by atoms with E-state index in [-0.39, 0.29) is 0 Å². The van der Waals surface area contributed by atoms with Gasteiger partial charge in [0.05, 0.1) is 13.2 Å². The highest BCUT2D eigenvalue weighted by molar-refractivity contribution is 5.48. The van der Waals surface area contributed by atoms with Gasteiger partial charge in [-0.15, -0.1) is 0 Å². The maximum absolute atomic E-state index is 5.47. The van der Waals surface area contributed by atoms with Gasteiger partial charge >= 0.3 is 0 Å². The first-order valence-corrected chi connectivity index (χ1v) is 9.78. The summed E-state index contributed by atoms with van der Waals surface area (Å²) in [5.74, 6) is 1.80. The third-order valence-electron chi connectivity index (χ3n) is 4.35. The zero-order valence-corrected chi connectivity index (χ0v) is 16.6. The van der Waals surface area contributed by atoms with Crippen molar-refractivity contribution in [3.05, 3.63) is 83.9 Å². The van der Waals surface area contributed by atoms with Crippen molar-refractivity contribution < 1.29 is 9.47 Å². The number of ether oxygens (including phenoxy) is 2. The Morgan fingerprint density at radius 3 is 1.21 bits per heavy atom. The van der Waals surface area contributed by atoms with Gasteiger partial charge in [0.1, 0.15) is 11.5 Å². The third kappa shape index (κ3) is 5.95. The molecule has 4 heteroatoms. The lowest BCUT2D eigenvalue weighted by molar-refractivity contribution is 0.340. The number of nitrogens with one attached hydrogen (secondary N) is 2. The summed E-state index contributed by atoms with van der Waals surface area (Å²) >= 11 is 0. The molecular weight excluding hydrogens is 348 g/mol. The summed E-state index contributed by atoms with van der Waals surface area (Å²) in [5, 5.41) is 6.88. The van der Waals surface area contributed by atoms with Crippen molar-refractivity contribution in [1.29, 1.82) is 0 Å². The summed E-state index contributed by atoms with van der Waals surface area (Å²) in [6.07, 6.45) is 0. The minimum absolute atomic E-state index is 0.687. The van der Waals surface area contributed by atoms with Crippen LogP contribution in [0.3, 0.4) is 0 Å². The van der Waals surface area contributed by atoms with E-state index in [0.29, 0.717) is 13.2 Å². The van der Waals surface area contributed by atoms with E-state index in [4.69, 9.17) is 9.47 Å². The minimum atomic E-state index is 0.687. The van der Waals surface area contributed by atoms with E-state index < -0.39 is 0 Å². The first kappa shape index (κ1) is 19.6. The van der Waals surface area contributed by atoms with Gasteiger partial charge in [0.2, 0.25) is 0 Å². The Morgan fingerprint density at radius 1 is 0.536 bits per heavy atom. The summed E-state index contributed by atoms with van der Waals surface area (Å²) in [7, 11) is 0. The lowest BCUT2D eigenvalue weighted by atomic mass is 10.1. The van der Waals surface area contributed by atoms with Crippen LogP contribution in [0.15, 0.2) is 72.8 Å². The van der Waals surface area contributed by atoms with E-state index in [9.17, 15) is 0 Å². The molecule has 0 aliphatic rings. The number of hydrogen-bond donors (Lipinski definition) is 2. The van der Waals surface area contributed by atoms with Crippen molar-refractivity contribution in [3.8, 4) is 11.5 Å². The van der Waals surface area contributed by atoms with Gasteiger partial charge in [0, 0.05) is 24.5 Å². The van der Waals surface area contributed by atoms with Crippen LogP contribution in [-0.2, 0) is 13.1 Å². The van der Waals surface area contributed by atoms with Crippen LogP contribution >= 0.6 is 0 Å². The molecule has 2 N–H and O–H groups in total. The third-order valence-corrected chi connectivity index (χ3v) is 4.35. The average molecular weight is 377 g/mol. The maximum Gasteiger partial charge on any atom is 0.119 e. The molecule has 0 heterocycles. The molecular formula is C24H28N2O2. The Balaban J connectivity index is 1.46. The maximum atomic E-state index is 5.47. The fourth-order valence-corrected chi connectivity index (χ4v) is 2.85. The van der Waals surface area contributed by atoms with Crippen LogP contribution < -0.4 is 20.1 Å². The quantitative estimate of drug-likeness (QED) is 0.476. The van der Waals surface area contributed by atoms with E-state index in [1.54, 1.807) is 0 Å². The highest BCUT2D eigenvalue weighted by atomic mass is 16.5. The molecule has 0 saturated heterocycles. The molecule has 3 aromatic carbocycles. The fraction of sp³-hybridized carbons (Fsp3) is 0.250. The second-order valence-corrected chi connectivity index (χ2v) is 6.44. The smallest absolute Gasteiger partial charge is 0.119 e. The molecule has 28 heavy (non-hydrogen) atoms. The first-order valence-electron chi connectivity index (χ1n) is 9.78. The van der Waals surface area contributed by atoms with E-state index in [1.165, 1.54) is 11.1 Å². The van der Waals surface area contributed by atoms with E-state index in [2.05, 4.69) is 34.9 Å². The Bertz CT molecular complexity index is 755. The highest BCUT2D eigenvalue weighted by Crippen LogP contribution is 2.18. The molecule has 0 aliphatic carbocycles. The van der Waals surface area contributed by atoms with Crippen molar-refractivity contribution in [2.75, 3.05) is 23.8 Å². The standard InChI is InChI=1S/C24H28N2O2/c1-3-27-23-13-9-21(10-14-23)25-17-19-5-7-20(8-6-19)18-26-22-11-15-24(16-12-22)28-4-2/h5-16,25-26H,3-4,17-18H2,1-2H3. The van der Waals surface area contributed by atoms with Gasteiger partial charge in [-0.25, -0.2) is 0 Å². The predicted octanol–water partition coefficient (Wildman–Crippen LogP) is 5.71. The van der Waals surface area contributed by atoms with Gasteiger partial charge in [0.15, 0.2) is 0 Å². The van der Waals surface area contributed by atoms with Crippen molar-refractivity contribution in [2.45, 2.75) is 26.9 Å². The van der Waals surface area contributed by atoms with Gasteiger partial charge in [-0.3, -0.25) is 0 Å². The number of benzene rings is 3. The molecule has 0 aliphatic heterocycles. The number of hydrogen-bond acceptors (Lipinski definition) is 4. The molecule has 3 rings (SSSR count). The van der Waals surface area contributed by atoms with Crippen molar-refractivity contribution >= 4 is 11.4 Å². The Labute approximate surface area is 167 Å². The van der Waals surface area contributed by atoms with Crippen LogP contribution in [0.5, 0.6) is 11.5 Å². The van der Waals surface area contributed by atoms with Crippen LogP contribution in [-0.4, -0.2) is 13.2 Å². The van der Waals surface area contributed by atoms with Gasteiger partial charge in [-0.1, -0.05) is 24.3 Å². The summed E-state index contributed by atoms with van der Waals surface area (Å²) in [6, 6.07) is 24.8. The average Bonchev–Trinajstić information content (AvgIpc) is 2.74. The van der Waals surface area contributed by atoms with Crippen LogP contribution in [0.4, 0.5) is 11.4 Å². The van der Waals surface area contributed by atoms with E-state index >= 15 is 0 Å². The SMILES string of the molecule is CCOc1ccc(NCc2ccc(CNc3ccc(OCC)cc3)cc2)cc1. The first-order chi connectivity index (χ1) is 13.8. The molecule has 0 fully saturated rings. The van der Waals surface area contributed by atoms with Crippen LogP contribution in [0.25, 0.3) is 0 Å². The topological polar surface area (TPSA) is 42.5 Å². The molecule has 3 aromatic rings. The lowest BCUT2D eigenvalue weighted by Crippen LogP contribution is -2.02. The van der Waals surface area contributed by atoms with E-state index in [0.717, 1.165) is 36.0 Å². The Morgan fingerprint density at radius 2 is 0.893 bits per heavy atom. The number of anilines is 2. The summed E-state index contributed by atoms with van der Waals surface area (Å²) in [4.78, 5) is 0. The second-order valence-electron chi connectivity index (χ2n) is 6.44. The zero-order valence-electron chi connectivity index (χ0n) is 16.6. The molecule has 0 saturated carbocycles. The molecule has 0 unspecified atom stereocenters. The number of rotatable bonds is 10. The molecule has 0 spiro atoms. The zero-order chi connectivity index (χ0) is 19.6. The molecule has 4 nitrogen and oxygen atoms in total. The molecule has 0 aromatic heterocycles. The fourth-order valence-electron chi connectivity index (χ4n) is 2.85. The molecule has 146 valence electrons. The summed E-state index contributed by atoms with van der Waals surface area (Å²) in [6.45, 7) is 6.94. The largest absolute Gasteiger partial charge is 0.494 e. The predicted molar refractivity (Wildman–Crippen MR) is 116 cm³/mol. The van der Waals surface area contributed by atoms with Crippen molar-refractivity contribution in [3.63, 3.8) is 0 Å². The Hall–Kier alpha value is -3.14. The molecule has 0 amide bonds. The second kappa shape index (κ2) is 10.3. The van der Waals surface area contributed by atoms with Crippen LogP contribution in [0, 0.1) is 0 Å². The Kier molecular flexibility index (Phi) is 7.19. The normalized spacial score (nSPS) is 10.4. The van der Waals surface area contributed by atoms with Gasteiger partial charge in [0.25, 0.3) is 0 Å². The van der Waals surface area contributed by atoms with Crippen molar-refractivity contribution in [2.24, 2.45) is 0 Å². The summed E-state index contributed by atoms with van der Waals surface area (Å²) < 4.78 is 10.9. The molecule has 0 bridgehead atoms. The highest BCUT2D eigenvalue weighted by Gasteiger charge is 1.99. The van der Waals surface area contributed by atoms with Crippen molar-refractivity contribution in [1.82, 2.24) is 0 Å². The molecule has 0 atom stereocenters. The van der Waals surface area contributed by atoms with Gasteiger partial charge < -0.3 is 20.1 Å².